The van der Waals surface area contributed by atoms with Crippen molar-refractivity contribution in [3.05, 3.63) is 28.2 Å². The van der Waals surface area contributed by atoms with Gasteiger partial charge in [-0.1, -0.05) is 15.9 Å². The summed E-state index contributed by atoms with van der Waals surface area (Å²) in [5.41, 5.74) is 0.0400. The van der Waals surface area contributed by atoms with E-state index in [9.17, 15) is 8.42 Å². The lowest BCUT2D eigenvalue weighted by atomic mass is 10.2. The molecule has 0 amide bonds. The Labute approximate surface area is 88.5 Å². The summed E-state index contributed by atoms with van der Waals surface area (Å²) in [5.74, 6) is 0. The maximum absolute atomic E-state index is 11.0. The first-order chi connectivity index (χ1) is 5.95. The predicted octanol–water partition coefficient (Wildman–Crippen LogP) is 2.25. The lowest BCUT2D eigenvalue weighted by Gasteiger charge is -1.99. The molecule has 3 nitrogen and oxygen atoms in total. The van der Waals surface area contributed by atoms with E-state index < -0.39 is 9.05 Å². The summed E-state index contributed by atoms with van der Waals surface area (Å²) < 4.78 is 22.5. The molecule has 6 heteroatoms. The van der Waals surface area contributed by atoms with Gasteiger partial charge >= 0.3 is 0 Å². The van der Waals surface area contributed by atoms with E-state index >= 15 is 0 Å². The van der Waals surface area contributed by atoms with Gasteiger partial charge in [-0.05, 0) is 18.2 Å². The van der Waals surface area contributed by atoms with Crippen LogP contribution in [0.1, 0.15) is 5.56 Å². The second kappa shape index (κ2) is 3.66. The highest BCUT2D eigenvalue weighted by atomic mass is 79.9. The lowest BCUT2D eigenvalue weighted by molar-refractivity contribution is 0.609. The van der Waals surface area contributed by atoms with E-state index in [1.54, 1.807) is 12.1 Å². The number of rotatable bonds is 1. The summed E-state index contributed by atoms with van der Waals surface area (Å²) in [7, 11) is 1.27. The fourth-order valence-electron chi connectivity index (χ4n) is 0.790. The van der Waals surface area contributed by atoms with Crippen molar-refractivity contribution in [2.75, 3.05) is 0 Å². The van der Waals surface area contributed by atoms with E-state index in [4.69, 9.17) is 15.9 Å². The molecule has 13 heavy (non-hydrogen) atoms. The van der Waals surface area contributed by atoms with Crippen LogP contribution in [0.5, 0.6) is 0 Å². The quantitative estimate of drug-likeness (QED) is 0.741. The highest BCUT2D eigenvalue weighted by Gasteiger charge is 2.15. The van der Waals surface area contributed by atoms with Gasteiger partial charge in [0.1, 0.15) is 11.0 Å². The Morgan fingerprint density at radius 3 is 2.54 bits per heavy atom. The molecular weight excluding hydrogens is 278 g/mol. The molecule has 1 aromatic carbocycles. The molecule has 0 N–H and O–H groups in total. The summed E-state index contributed by atoms with van der Waals surface area (Å²) in [6.45, 7) is 0. The molecule has 0 unspecified atom stereocenters. The zero-order chi connectivity index (χ0) is 10.1. The maximum atomic E-state index is 11.0. The standard InChI is InChI=1S/C7H3BrClNO2S/c8-6-2-1-5(4-10)7(3-6)13(9,11)12/h1-3H. The van der Waals surface area contributed by atoms with Crippen molar-refractivity contribution in [1.82, 2.24) is 0 Å². The molecule has 0 bridgehead atoms. The van der Waals surface area contributed by atoms with Crippen molar-refractivity contribution in [3.63, 3.8) is 0 Å². The van der Waals surface area contributed by atoms with E-state index in [0.717, 1.165) is 0 Å². The third kappa shape index (κ3) is 2.44. The monoisotopic (exact) mass is 279 g/mol. The van der Waals surface area contributed by atoms with Crippen LogP contribution in [0.2, 0.25) is 0 Å². The largest absolute Gasteiger partial charge is 0.262 e. The Balaban J connectivity index is 3.53. The SMILES string of the molecule is N#Cc1ccc(Br)cc1S(=O)(=O)Cl. The summed E-state index contributed by atoms with van der Waals surface area (Å²) in [5, 5.41) is 8.58. The Kier molecular flexibility index (Phi) is 2.96. The zero-order valence-electron chi connectivity index (χ0n) is 6.16. The number of halogens is 2. The molecular formula is C7H3BrClNO2S. The van der Waals surface area contributed by atoms with Gasteiger partial charge in [0.2, 0.25) is 0 Å². The van der Waals surface area contributed by atoms with Crippen molar-refractivity contribution < 1.29 is 8.42 Å². The van der Waals surface area contributed by atoms with Crippen LogP contribution in [0.15, 0.2) is 27.6 Å². The van der Waals surface area contributed by atoms with Crippen LogP contribution in [-0.4, -0.2) is 8.42 Å². The minimum Gasteiger partial charge on any atom is -0.207 e. The van der Waals surface area contributed by atoms with E-state index in [-0.39, 0.29) is 10.5 Å². The summed E-state index contributed by atoms with van der Waals surface area (Å²) in [6, 6.07) is 6.00. The van der Waals surface area contributed by atoms with Gasteiger partial charge in [-0.3, -0.25) is 0 Å². The third-order valence-electron chi connectivity index (χ3n) is 1.33. The molecule has 68 valence electrons. The molecule has 0 saturated carbocycles. The average Bonchev–Trinajstić information content (AvgIpc) is 2.03. The van der Waals surface area contributed by atoms with E-state index in [0.29, 0.717) is 4.47 Å². The van der Waals surface area contributed by atoms with Crippen LogP contribution >= 0.6 is 26.6 Å². The van der Waals surface area contributed by atoms with E-state index in [1.165, 1.54) is 12.1 Å². The fourth-order valence-corrected chi connectivity index (χ4v) is 2.33. The number of hydrogen-bond donors (Lipinski definition) is 0. The summed E-state index contributed by atoms with van der Waals surface area (Å²) in [6.07, 6.45) is 0. The maximum Gasteiger partial charge on any atom is 0.262 e. The van der Waals surface area contributed by atoms with Crippen molar-refractivity contribution >= 4 is 35.7 Å². The van der Waals surface area contributed by atoms with E-state index in [2.05, 4.69) is 15.9 Å². The smallest absolute Gasteiger partial charge is 0.207 e. The molecule has 0 atom stereocenters. The average molecular weight is 281 g/mol. The second-order valence-corrected chi connectivity index (χ2v) is 5.64. The summed E-state index contributed by atoms with van der Waals surface area (Å²) >= 11 is 3.09. The normalized spacial score (nSPS) is 10.8. The zero-order valence-corrected chi connectivity index (χ0v) is 9.32. The minimum absolute atomic E-state index is 0.0400. The Morgan fingerprint density at radius 2 is 2.08 bits per heavy atom. The van der Waals surface area contributed by atoms with Gasteiger partial charge in [0, 0.05) is 15.2 Å². The van der Waals surface area contributed by atoms with Gasteiger partial charge in [-0.15, -0.1) is 0 Å². The van der Waals surface area contributed by atoms with Crippen molar-refractivity contribution in [1.29, 1.82) is 5.26 Å². The van der Waals surface area contributed by atoms with Crippen molar-refractivity contribution in [2.24, 2.45) is 0 Å². The van der Waals surface area contributed by atoms with Gasteiger partial charge < -0.3 is 0 Å². The topological polar surface area (TPSA) is 57.9 Å². The molecule has 0 heterocycles. The molecule has 1 rings (SSSR count). The molecule has 0 saturated heterocycles. The van der Waals surface area contributed by atoms with Gasteiger partial charge in [0.25, 0.3) is 9.05 Å². The molecule has 0 spiro atoms. The Bertz CT molecular complexity index is 478. The van der Waals surface area contributed by atoms with Crippen LogP contribution in [0.4, 0.5) is 0 Å². The number of hydrogen-bond acceptors (Lipinski definition) is 3. The van der Waals surface area contributed by atoms with Crippen LogP contribution in [0.25, 0.3) is 0 Å². The molecule has 0 aliphatic rings. The van der Waals surface area contributed by atoms with Gasteiger partial charge in [-0.2, -0.15) is 5.26 Å². The van der Waals surface area contributed by atoms with Crippen LogP contribution in [-0.2, 0) is 9.05 Å². The minimum atomic E-state index is -3.85. The third-order valence-corrected chi connectivity index (χ3v) is 3.18. The Hall–Kier alpha value is -0.570. The number of nitrogens with zero attached hydrogens (tertiary/aromatic N) is 1. The number of benzene rings is 1. The molecule has 0 aliphatic carbocycles. The number of nitriles is 1. The van der Waals surface area contributed by atoms with Gasteiger partial charge in [0.05, 0.1) is 5.56 Å². The van der Waals surface area contributed by atoms with Crippen LogP contribution in [0, 0.1) is 11.3 Å². The van der Waals surface area contributed by atoms with Crippen LogP contribution < -0.4 is 0 Å². The fraction of sp³-hybridized carbons (Fsp3) is 0. The van der Waals surface area contributed by atoms with Gasteiger partial charge in [0.15, 0.2) is 0 Å². The van der Waals surface area contributed by atoms with Crippen molar-refractivity contribution in [2.45, 2.75) is 4.90 Å². The predicted molar refractivity (Wildman–Crippen MR) is 51.9 cm³/mol. The first-order valence-corrected chi connectivity index (χ1v) is 6.19. The van der Waals surface area contributed by atoms with E-state index in [1.807, 2.05) is 0 Å². The Morgan fingerprint density at radius 1 is 1.46 bits per heavy atom. The first-order valence-electron chi connectivity index (χ1n) is 3.09. The van der Waals surface area contributed by atoms with Crippen molar-refractivity contribution in [3.8, 4) is 6.07 Å². The highest BCUT2D eigenvalue weighted by molar-refractivity contribution is 9.10. The summed E-state index contributed by atoms with van der Waals surface area (Å²) in [4.78, 5) is -0.175. The molecule has 0 aromatic heterocycles. The second-order valence-electron chi connectivity index (χ2n) is 2.19. The van der Waals surface area contributed by atoms with Gasteiger partial charge in [-0.25, -0.2) is 8.42 Å². The molecule has 1 aromatic rings. The molecule has 0 fully saturated rings. The lowest BCUT2D eigenvalue weighted by Crippen LogP contribution is -1.94. The first kappa shape index (κ1) is 10.5. The molecule has 0 aliphatic heterocycles. The van der Waals surface area contributed by atoms with Crippen LogP contribution in [0.3, 0.4) is 0 Å². The molecule has 0 radical (unpaired) electrons. The highest BCUT2D eigenvalue weighted by Crippen LogP contribution is 2.23.